The number of carbonyl (C=O) groups excluding carboxylic acids is 1. The molecule has 22 heavy (non-hydrogen) atoms. The maximum Gasteiger partial charge on any atom is 0.159 e. The summed E-state index contributed by atoms with van der Waals surface area (Å²) in [5, 5.41) is -0.287. The molecule has 0 amide bonds. The Balaban J connectivity index is 4.55. The molecule has 0 N–H and O–H groups in total. The van der Waals surface area contributed by atoms with E-state index >= 15 is 0 Å². The zero-order valence-electron chi connectivity index (χ0n) is 14.4. The van der Waals surface area contributed by atoms with Crippen LogP contribution in [0, 0.1) is 0 Å². The molecule has 0 aliphatic rings. The van der Waals surface area contributed by atoms with Gasteiger partial charge in [-0.2, -0.15) is 0 Å². The molecule has 0 heterocycles. The summed E-state index contributed by atoms with van der Waals surface area (Å²) in [7, 11) is 0. The van der Waals surface area contributed by atoms with Gasteiger partial charge in [0.05, 0.1) is 10.5 Å². The molecule has 0 aliphatic heterocycles. The molecule has 2 atom stereocenters. The zero-order chi connectivity index (χ0) is 17.3. The highest BCUT2D eigenvalue weighted by Crippen LogP contribution is 2.24. The van der Waals surface area contributed by atoms with Crippen molar-refractivity contribution in [2.45, 2.75) is 52.0 Å². The third-order valence-corrected chi connectivity index (χ3v) is 6.58. The largest absolute Gasteiger partial charge is 0.358 e. The lowest BCUT2D eigenvalue weighted by atomic mass is 10.2. The van der Waals surface area contributed by atoms with E-state index in [2.05, 4.69) is 37.5 Å². The fraction of sp³-hybridized carbons (Fsp3) is 0.800. The van der Waals surface area contributed by atoms with Gasteiger partial charge in [-0.3, -0.25) is 4.79 Å². The molecule has 3 nitrogen and oxygen atoms in total. The van der Waals surface area contributed by atoms with E-state index in [4.69, 9.17) is 24.4 Å². The van der Waals surface area contributed by atoms with Crippen LogP contribution in [0.15, 0.2) is 0 Å². The third-order valence-electron chi connectivity index (χ3n) is 3.40. The van der Waals surface area contributed by atoms with Gasteiger partial charge in [-0.25, -0.2) is 0 Å². The maximum atomic E-state index is 12.5. The Morgan fingerprint density at radius 3 is 1.32 bits per heavy atom. The number of thioether (sulfide) groups is 2. The molecule has 0 spiro atoms. The van der Waals surface area contributed by atoms with E-state index in [0.29, 0.717) is 0 Å². The first-order valence-corrected chi connectivity index (χ1v) is 10.3. The number of carbonyl (C=O) groups is 1. The number of thiocarbonyl (C=S) groups is 2. The Kier molecular flexibility index (Phi) is 11.7. The Morgan fingerprint density at radius 1 is 0.818 bits per heavy atom. The fourth-order valence-electron chi connectivity index (χ4n) is 1.86. The van der Waals surface area contributed by atoms with Crippen molar-refractivity contribution in [1.82, 2.24) is 9.80 Å². The number of Topliss-reactive ketones (excluding diaryl/α,β-unsaturated/α-hetero) is 1. The van der Waals surface area contributed by atoms with E-state index < -0.39 is 0 Å². The van der Waals surface area contributed by atoms with Gasteiger partial charge in [-0.15, -0.1) is 0 Å². The highest BCUT2D eigenvalue weighted by molar-refractivity contribution is 8.24. The second-order valence-electron chi connectivity index (χ2n) is 4.80. The van der Waals surface area contributed by atoms with Crippen molar-refractivity contribution in [1.29, 1.82) is 0 Å². The predicted octanol–water partition coefficient (Wildman–Crippen LogP) is 4.05. The summed E-state index contributed by atoms with van der Waals surface area (Å²) < 4.78 is 1.60. The van der Waals surface area contributed by atoms with Crippen LogP contribution in [-0.4, -0.2) is 60.9 Å². The first-order chi connectivity index (χ1) is 10.3. The molecule has 128 valence electrons. The van der Waals surface area contributed by atoms with E-state index in [-0.39, 0.29) is 16.3 Å². The van der Waals surface area contributed by atoms with E-state index in [9.17, 15) is 4.79 Å². The molecule has 7 heteroatoms. The van der Waals surface area contributed by atoms with Crippen LogP contribution in [0.3, 0.4) is 0 Å². The molecular weight excluding hydrogens is 352 g/mol. The highest BCUT2D eigenvalue weighted by Gasteiger charge is 2.25. The first-order valence-electron chi connectivity index (χ1n) is 7.76. The molecule has 0 aromatic carbocycles. The molecule has 0 radical (unpaired) electrons. The van der Waals surface area contributed by atoms with Gasteiger partial charge in [0.15, 0.2) is 5.78 Å². The standard InChI is InChI=1S/C15H28N2OS4/c1-7-16(8-2)14(19)21-11(5)13(18)12(6)22-15(20)17(9-3)10-4/h11-12H,7-10H2,1-6H3. The molecule has 0 fully saturated rings. The lowest BCUT2D eigenvalue weighted by Gasteiger charge is -2.25. The van der Waals surface area contributed by atoms with Crippen molar-refractivity contribution in [3.8, 4) is 0 Å². The SMILES string of the molecule is CCN(CC)C(=S)SC(C)C(=O)C(C)SC(=S)N(CC)CC. The normalized spacial score (nSPS) is 13.4. The van der Waals surface area contributed by atoms with Gasteiger partial charge in [0.25, 0.3) is 0 Å². The summed E-state index contributed by atoms with van der Waals surface area (Å²) in [5.74, 6) is 0.194. The lowest BCUT2D eigenvalue weighted by molar-refractivity contribution is -0.117. The van der Waals surface area contributed by atoms with Crippen molar-refractivity contribution in [2.75, 3.05) is 26.2 Å². The quantitative estimate of drug-likeness (QED) is 0.585. The van der Waals surface area contributed by atoms with Crippen LogP contribution >= 0.6 is 48.0 Å². The van der Waals surface area contributed by atoms with Gasteiger partial charge in [0, 0.05) is 26.2 Å². The van der Waals surface area contributed by atoms with Crippen molar-refractivity contribution in [3.05, 3.63) is 0 Å². The van der Waals surface area contributed by atoms with Crippen molar-refractivity contribution in [2.24, 2.45) is 0 Å². The zero-order valence-corrected chi connectivity index (χ0v) is 17.7. The maximum absolute atomic E-state index is 12.5. The average Bonchev–Trinajstić information content (AvgIpc) is 2.48. The van der Waals surface area contributed by atoms with Crippen LogP contribution in [0.25, 0.3) is 0 Å². The predicted molar refractivity (Wildman–Crippen MR) is 110 cm³/mol. The molecule has 2 unspecified atom stereocenters. The summed E-state index contributed by atoms with van der Waals surface area (Å²) in [6.45, 7) is 15.7. The number of ketones is 1. The number of rotatable bonds is 8. The van der Waals surface area contributed by atoms with E-state index in [1.807, 2.05) is 13.8 Å². The van der Waals surface area contributed by atoms with Gasteiger partial charge in [0.2, 0.25) is 0 Å². The first kappa shape index (κ1) is 22.1. The van der Waals surface area contributed by atoms with Crippen molar-refractivity contribution in [3.63, 3.8) is 0 Å². The molecule has 0 rings (SSSR count). The smallest absolute Gasteiger partial charge is 0.159 e. The minimum absolute atomic E-state index is 0.143. The highest BCUT2D eigenvalue weighted by atomic mass is 32.2. The average molecular weight is 381 g/mol. The van der Waals surface area contributed by atoms with E-state index in [0.717, 1.165) is 34.8 Å². The van der Waals surface area contributed by atoms with Crippen LogP contribution < -0.4 is 0 Å². The molecule has 0 saturated heterocycles. The van der Waals surface area contributed by atoms with Crippen LogP contribution in [0.5, 0.6) is 0 Å². The van der Waals surface area contributed by atoms with Crippen LogP contribution in [0.2, 0.25) is 0 Å². The minimum Gasteiger partial charge on any atom is -0.358 e. The summed E-state index contributed by atoms with van der Waals surface area (Å²) >= 11 is 13.8. The van der Waals surface area contributed by atoms with Crippen molar-refractivity contribution >= 4 is 62.4 Å². The van der Waals surface area contributed by atoms with Gasteiger partial charge in [-0.05, 0) is 41.5 Å². The Labute approximate surface area is 154 Å². The third kappa shape index (κ3) is 7.15. The minimum atomic E-state index is -0.143. The van der Waals surface area contributed by atoms with Gasteiger partial charge in [-0.1, -0.05) is 48.0 Å². The molecule has 0 bridgehead atoms. The summed E-state index contributed by atoms with van der Waals surface area (Å²) in [6.07, 6.45) is 0. The van der Waals surface area contributed by atoms with E-state index in [1.165, 1.54) is 23.5 Å². The molecule has 0 aromatic heterocycles. The lowest BCUT2D eigenvalue weighted by Crippen LogP contribution is -2.33. The Hall–Kier alpha value is 0.150. The molecule has 0 aromatic rings. The Morgan fingerprint density at radius 2 is 1.09 bits per heavy atom. The molecule has 0 aliphatic carbocycles. The monoisotopic (exact) mass is 380 g/mol. The van der Waals surface area contributed by atoms with Crippen LogP contribution in [0.1, 0.15) is 41.5 Å². The number of hydrogen-bond acceptors (Lipinski definition) is 5. The summed E-state index contributed by atoms with van der Waals surface area (Å²) in [6, 6.07) is 0. The van der Waals surface area contributed by atoms with Gasteiger partial charge < -0.3 is 9.80 Å². The molecular formula is C15H28N2OS4. The number of hydrogen-bond donors (Lipinski definition) is 0. The summed E-state index contributed by atoms with van der Waals surface area (Å²) in [5.41, 5.74) is 0. The second-order valence-corrected chi connectivity index (χ2v) is 8.75. The van der Waals surface area contributed by atoms with Crippen molar-refractivity contribution < 1.29 is 4.79 Å². The van der Waals surface area contributed by atoms with Gasteiger partial charge in [0.1, 0.15) is 8.64 Å². The molecule has 0 saturated carbocycles. The van der Waals surface area contributed by atoms with Crippen LogP contribution in [-0.2, 0) is 4.79 Å². The Bertz CT molecular complexity index is 348. The summed E-state index contributed by atoms with van der Waals surface area (Å²) in [4.78, 5) is 16.7. The van der Waals surface area contributed by atoms with Crippen LogP contribution in [0.4, 0.5) is 0 Å². The fourth-order valence-corrected chi connectivity index (χ4v) is 5.39. The second kappa shape index (κ2) is 11.6. The topological polar surface area (TPSA) is 23.6 Å². The number of nitrogens with zero attached hydrogens (tertiary/aromatic N) is 2. The van der Waals surface area contributed by atoms with Gasteiger partial charge >= 0.3 is 0 Å². The van der Waals surface area contributed by atoms with E-state index in [1.54, 1.807) is 0 Å².